The lowest BCUT2D eigenvalue weighted by molar-refractivity contribution is -0.111. The molecule has 0 aromatic heterocycles. The zero-order valence-electron chi connectivity index (χ0n) is 15.2. The Kier molecular flexibility index (Phi) is 6.75. The first kappa shape index (κ1) is 18.8. The summed E-state index contributed by atoms with van der Waals surface area (Å²) in [6.07, 6.45) is 4.09. The molecule has 0 radical (unpaired) electrons. The highest BCUT2D eigenvalue weighted by atomic mass is 16.5. The van der Waals surface area contributed by atoms with Crippen LogP contribution in [0.4, 0.5) is 5.69 Å². The first-order chi connectivity index (χ1) is 13.2. The summed E-state index contributed by atoms with van der Waals surface area (Å²) < 4.78 is 5.36. The second-order valence-corrected chi connectivity index (χ2v) is 6.42. The van der Waals surface area contributed by atoms with E-state index < -0.39 is 0 Å². The molecule has 1 amide bonds. The van der Waals surface area contributed by atoms with Gasteiger partial charge in [0, 0.05) is 31.4 Å². The van der Waals surface area contributed by atoms with E-state index in [0.717, 1.165) is 50.5 Å². The van der Waals surface area contributed by atoms with Crippen LogP contribution in [-0.4, -0.2) is 43.7 Å². The molecule has 1 N–H and O–H groups in total. The molecule has 5 nitrogen and oxygen atoms in total. The van der Waals surface area contributed by atoms with Crippen molar-refractivity contribution in [1.82, 2.24) is 4.90 Å². The summed E-state index contributed by atoms with van der Waals surface area (Å²) >= 11 is 0. The SMILES string of the molecule is N#Cc1ccccc1/C=C/C(=O)Nc1ccc(CCN2CCOCC2)cc1. The van der Waals surface area contributed by atoms with E-state index in [2.05, 4.69) is 16.3 Å². The van der Waals surface area contributed by atoms with Crippen molar-refractivity contribution < 1.29 is 9.53 Å². The number of carbonyl (C=O) groups excluding carboxylic acids is 1. The van der Waals surface area contributed by atoms with E-state index in [-0.39, 0.29) is 5.91 Å². The number of hydrogen-bond donors (Lipinski definition) is 1. The zero-order valence-corrected chi connectivity index (χ0v) is 15.2. The van der Waals surface area contributed by atoms with Crippen LogP contribution in [0, 0.1) is 11.3 Å². The Morgan fingerprint density at radius 3 is 2.63 bits per heavy atom. The van der Waals surface area contributed by atoms with Crippen LogP contribution in [0.15, 0.2) is 54.6 Å². The summed E-state index contributed by atoms with van der Waals surface area (Å²) in [7, 11) is 0. The molecule has 0 unspecified atom stereocenters. The van der Waals surface area contributed by atoms with Crippen molar-refractivity contribution in [2.24, 2.45) is 0 Å². The minimum atomic E-state index is -0.219. The Hall–Kier alpha value is -2.94. The van der Waals surface area contributed by atoms with E-state index in [9.17, 15) is 4.79 Å². The van der Waals surface area contributed by atoms with Gasteiger partial charge in [0.15, 0.2) is 0 Å². The minimum Gasteiger partial charge on any atom is -0.379 e. The molecule has 0 aliphatic carbocycles. The number of benzene rings is 2. The zero-order chi connectivity index (χ0) is 18.9. The van der Waals surface area contributed by atoms with Gasteiger partial charge in [-0.2, -0.15) is 5.26 Å². The number of anilines is 1. The number of amides is 1. The van der Waals surface area contributed by atoms with Crippen LogP contribution in [-0.2, 0) is 16.0 Å². The Morgan fingerprint density at radius 2 is 1.89 bits per heavy atom. The monoisotopic (exact) mass is 361 g/mol. The van der Waals surface area contributed by atoms with E-state index in [1.165, 1.54) is 11.6 Å². The number of morpholine rings is 1. The lowest BCUT2D eigenvalue weighted by Gasteiger charge is -2.26. The molecule has 2 aromatic carbocycles. The van der Waals surface area contributed by atoms with E-state index in [1.807, 2.05) is 36.4 Å². The number of rotatable bonds is 6. The van der Waals surface area contributed by atoms with E-state index in [4.69, 9.17) is 10.00 Å². The molecule has 3 rings (SSSR count). The van der Waals surface area contributed by atoms with Gasteiger partial charge in [-0.05, 0) is 41.8 Å². The molecule has 0 saturated carbocycles. The van der Waals surface area contributed by atoms with E-state index in [0.29, 0.717) is 5.56 Å². The third-order valence-corrected chi connectivity index (χ3v) is 4.54. The summed E-state index contributed by atoms with van der Waals surface area (Å²) in [6, 6.07) is 17.2. The van der Waals surface area contributed by atoms with Crippen molar-refractivity contribution in [3.05, 3.63) is 71.3 Å². The van der Waals surface area contributed by atoms with Crippen molar-refractivity contribution in [2.45, 2.75) is 6.42 Å². The lowest BCUT2D eigenvalue weighted by Crippen LogP contribution is -2.37. The first-order valence-corrected chi connectivity index (χ1v) is 9.12. The Labute approximate surface area is 159 Å². The number of nitrogens with zero attached hydrogens (tertiary/aromatic N) is 2. The molecular formula is C22H23N3O2. The minimum absolute atomic E-state index is 0.219. The number of hydrogen-bond acceptors (Lipinski definition) is 4. The molecule has 1 heterocycles. The fourth-order valence-electron chi connectivity index (χ4n) is 2.96. The van der Waals surface area contributed by atoms with Gasteiger partial charge < -0.3 is 10.1 Å². The van der Waals surface area contributed by atoms with Gasteiger partial charge in [-0.25, -0.2) is 0 Å². The average Bonchev–Trinajstić information content (AvgIpc) is 2.72. The fourth-order valence-corrected chi connectivity index (χ4v) is 2.96. The average molecular weight is 361 g/mol. The van der Waals surface area contributed by atoms with E-state index in [1.54, 1.807) is 18.2 Å². The number of nitrogens with one attached hydrogen (secondary N) is 1. The van der Waals surface area contributed by atoms with Gasteiger partial charge in [-0.1, -0.05) is 30.3 Å². The molecular weight excluding hydrogens is 338 g/mol. The Bertz CT molecular complexity index is 831. The molecule has 138 valence electrons. The van der Waals surface area contributed by atoms with Gasteiger partial charge >= 0.3 is 0 Å². The smallest absolute Gasteiger partial charge is 0.248 e. The summed E-state index contributed by atoms with van der Waals surface area (Å²) in [5.41, 5.74) is 3.28. The van der Waals surface area contributed by atoms with Gasteiger partial charge in [0.25, 0.3) is 0 Å². The van der Waals surface area contributed by atoms with Gasteiger partial charge in [-0.15, -0.1) is 0 Å². The van der Waals surface area contributed by atoms with Crippen molar-refractivity contribution in [2.75, 3.05) is 38.2 Å². The van der Waals surface area contributed by atoms with Gasteiger partial charge in [-0.3, -0.25) is 9.69 Å². The largest absolute Gasteiger partial charge is 0.379 e. The van der Waals surface area contributed by atoms with Crippen LogP contribution in [0.3, 0.4) is 0 Å². The number of nitriles is 1. The fraction of sp³-hybridized carbons (Fsp3) is 0.273. The molecule has 1 fully saturated rings. The second-order valence-electron chi connectivity index (χ2n) is 6.42. The van der Waals surface area contributed by atoms with Crippen LogP contribution in [0.2, 0.25) is 0 Å². The topological polar surface area (TPSA) is 65.4 Å². The van der Waals surface area contributed by atoms with Crippen molar-refractivity contribution in [1.29, 1.82) is 5.26 Å². The van der Waals surface area contributed by atoms with Crippen LogP contribution < -0.4 is 5.32 Å². The van der Waals surface area contributed by atoms with Gasteiger partial charge in [0.2, 0.25) is 5.91 Å². The molecule has 0 atom stereocenters. The predicted octanol–water partition coefficient (Wildman–Crippen LogP) is 3.08. The van der Waals surface area contributed by atoms with Crippen molar-refractivity contribution >= 4 is 17.7 Å². The molecule has 1 aliphatic heterocycles. The standard InChI is InChI=1S/C22H23N3O2/c23-17-20-4-2-1-3-19(20)7-10-22(26)24-21-8-5-18(6-9-21)11-12-25-13-15-27-16-14-25/h1-10H,11-16H2,(H,24,26)/b10-7+. The van der Waals surface area contributed by atoms with Crippen LogP contribution in [0.1, 0.15) is 16.7 Å². The molecule has 2 aromatic rings. The maximum Gasteiger partial charge on any atom is 0.248 e. The normalized spacial score (nSPS) is 14.8. The number of carbonyl (C=O) groups is 1. The highest BCUT2D eigenvalue weighted by molar-refractivity contribution is 6.02. The van der Waals surface area contributed by atoms with Crippen molar-refractivity contribution in [3.8, 4) is 6.07 Å². The first-order valence-electron chi connectivity index (χ1n) is 9.12. The molecule has 0 bridgehead atoms. The number of ether oxygens (including phenoxy) is 1. The third kappa shape index (κ3) is 5.78. The summed E-state index contributed by atoms with van der Waals surface area (Å²) in [4.78, 5) is 14.5. The van der Waals surface area contributed by atoms with E-state index >= 15 is 0 Å². The highest BCUT2D eigenvalue weighted by Gasteiger charge is 2.09. The molecule has 1 aliphatic rings. The molecule has 27 heavy (non-hydrogen) atoms. The quantitative estimate of drug-likeness (QED) is 0.803. The molecule has 0 spiro atoms. The molecule has 1 saturated heterocycles. The maximum atomic E-state index is 12.1. The maximum absolute atomic E-state index is 12.1. The van der Waals surface area contributed by atoms with Crippen LogP contribution in [0.25, 0.3) is 6.08 Å². The highest BCUT2D eigenvalue weighted by Crippen LogP contribution is 2.12. The Morgan fingerprint density at radius 1 is 1.15 bits per heavy atom. The van der Waals surface area contributed by atoms with Crippen molar-refractivity contribution in [3.63, 3.8) is 0 Å². The van der Waals surface area contributed by atoms with Crippen LogP contribution in [0.5, 0.6) is 0 Å². The predicted molar refractivity (Wildman–Crippen MR) is 106 cm³/mol. The Balaban J connectivity index is 1.50. The summed E-state index contributed by atoms with van der Waals surface area (Å²) in [6.45, 7) is 4.65. The summed E-state index contributed by atoms with van der Waals surface area (Å²) in [5.74, 6) is -0.219. The molecule has 5 heteroatoms. The third-order valence-electron chi connectivity index (χ3n) is 4.54. The van der Waals surface area contributed by atoms with Crippen LogP contribution >= 0.6 is 0 Å². The summed E-state index contributed by atoms with van der Waals surface area (Å²) in [5, 5.41) is 11.9. The second kappa shape index (κ2) is 9.67. The van der Waals surface area contributed by atoms with Gasteiger partial charge in [0.05, 0.1) is 24.8 Å². The lowest BCUT2D eigenvalue weighted by atomic mass is 10.1. The van der Waals surface area contributed by atoms with Gasteiger partial charge in [0.1, 0.15) is 0 Å².